The normalized spacial score (nSPS) is 12.6. The number of rotatable bonds is 6. The smallest absolute Gasteiger partial charge is 0.138 e. The van der Waals surface area contributed by atoms with E-state index in [0.717, 1.165) is 25.2 Å². The van der Waals surface area contributed by atoms with Crippen LogP contribution in [0.5, 0.6) is 0 Å². The summed E-state index contributed by atoms with van der Waals surface area (Å²) in [4.78, 5) is 8.59. The van der Waals surface area contributed by atoms with Crippen LogP contribution in [0.2, 0.25) is 0 Å². The lowest BCUT2D eigenvalue weighted by atomic mass is 10.0. The Bertz CT molecular complexity index is 520. The molecule has 0 amide bonds. The molecule has 0 bridgehead atoms. The molecule has 2 heterocycles. The molecule has 19 heavy (non-hydrogen) atoms. The number of nitrogens with zero attached hydrogens (tertiary/aromatic N) is 4. The summed E-state index contributed by atoms with van der Waals surface area (Å²) in [6.07, 6.45) is 7.27. The van der Waals surface area contributed by atoms with Crippen LogP contribution >= 0.6 is 0 Å². The number of aromatic nitrogens is 4. The van der Waals surface area contributed by atoms with Crippen LogP contribution in [0, 0.1) is 6.92 Å². The van der Waals surface area contributed by atoms with E-state index in [0.29, 0.717) is 0 Å². The minimum absolute atomic E-state index is 0.216. The second kappa shape index (κ2) is 6.43. The highest BCUT2D eigenvalue weighted by atomic mass is 15.3. The highest BCUT2D eigenvalue weighted by molar-refractivity contribution is 5.25. The van der Waals surface area contributed by atoms with Crippen LogP contribution in [0.1, 0.15) is 36.3 Å². The molecule has 1 atom stereocenters. The van der Waals surface area contributed by atoms with E-state index in [-0.39, 0.29) is 6.04 Å². The van der Waals surface area contributed by atoms with E-state index in [1.165, 1.54) is 11.1 Å². The Balaban J connectivity index is 2.19. The van der Waals surface area contributed by atoms with Gasteiger partial charge in [-0.2, -0.15) is 5.10 Å². The van der Waals surface area contributed by atoms with Gasteiger partial charge in [-0.3, -0.25) is 9.67 Å². The maximum atomic E-state index is 4.37. The number of pyridine rings is 1. The van der Waals surface area contributed by atoms with Gasteiger partial charge in [0.1, 0.15) is 12.2 Å². The number of hydrogen-bond acceptors (Lipinski definition) is 4. The number of likely N-dealkylation sites (N-methyl/N-ethyl adjacent to an activating group) is 1. The molecular formula is C14H21N5. The highest BCUT2D eigenvalue weighted by Crippen LogP contribution is 2.19. The Kier molecular flexibility index (Phi) is 4.63. The molecule has 5 nitrogen and oxygen atoms in total. The van der Waals surface area contributed by atoms with Crippen molar-refractivity contribution < 1.29 is 0 Å². The molecule has 0 saturated carbocycles. The number of hydrogen-bond donors (Lipinski definition) is 1. The molecule has 0 fully saturated rings. The van der Waals surface area contributed by atoms with Crippen molar-refractivity contribution in [2.24, 2.45) is 0 Å². The Morgan fingerprint density at radius 3 is 2.95 bits per heavy atom. The topological polar surface area (TPSA) is 55.6 Å². The summed E-state index contributed by atoms with van der Waals surface area (Å²) >= 11 is 0. The van der Waals surface area contributed by atoms with E-state index in [1.807, 2.05) is 30.2 Å². The van der Waals surface area contributed by atoms with Gasteiger partial charge in [0, 0.05) is 31.4 Å². The molecule has 0 aromatic carbocycles. The van der Waals surface area contributed by atoms with Crippen molar-refractivity contribution in [2.75, 3.05) is 7.05 Å². The Hall–Kier alpha value is -1.75. The average molecular weight is 259 g/mol. The van der Waals surface area contributed by atoms with Crippen molar-refractivity contribution in [3.05, 3.63) is 41.7 Å². The third-order valence-electron chi connectivity index (χ3n) is 3.32. The SMILES string of the molecule is CCCn1ncnc1CC(NC)c1cnccc1C. The quantitative estimate of drug-likeness (QED) is 0.860. The Morgan fingerprint density at radius 2 is 2.26 bits per heavy atom. The van der Waals surface area contributed by atoms with E-state index in [9.17, 15) is 0 Å². The molecule has 2 aromatic rings. The third kappa shape index (κ3) is 3.17. The summed E-state index contributed by atoms with van der Waals surface area (Å²) in [5.41, 5.74) is 2.46. The maximum absolute atomic E-state index is 4.37. The van der Waals surface area contributed by atoms with Gasteiger partial charge in [0.15, 0.2) is 0 Å². The minimum Gasteiger partial charge on any atom is -0.313 e. The minimum atomic E-state index is 0.216. The molecule has 0 aliphatic rings. The largest absolute Gasteiger partial charge is 0.313 e. The molecule has 0 saturated heterocycles. The summed E-state index contributed by atoms with van der Waals surface area (Å²) in [5.74, 6) is 1.02. The molecular weight excluding hydrogens is 238 g/mol. The second-order valence-electron chi connectivity index (χ2n) is 4.68. The van der Waals surface area contributed by atoms with Gasteiger partial charge in [-0.25, -0.2) is 4.98 Å². The summed E-state index contributed by atoms with van der Waals surface area (Å²) in [7, 11) is 1.97. The van der Waals surface area contributed by atoms with E-state index in [2.05, 4.69) is 34.2 Å². The zero-order valence-corrected chi connectivity index (χ0v) is 11.8. The van der Waals surface area contributed by atoms with Crippen LogP contribution in [-0.2, 0) is 13.0 Å². The summed E-state index contributed by atoms with van der Waals surface area (Å²) < 4.78 is 1.98. The zero-order valence-electron chi connectivity index (χ0n) is 11.8. The molecule has 102 valence electrons. The molecule has 0 aliphatic carbocycles. The molecule has 0 spiro atoms. The van der Waals surface area contributed by atoms with Crippen LogP contribution < -0.4 is 5.32 Å². The van der Waals surface area contributed by atoms with Gasteiger partial charge in [0.25, 0.3) is 0 Å². The molecule has 1 unspecified atom stereocenters. The standard InChI is InChI=1S/C14H21N5/c1-4-7-19-14(17-10-18-19)8-13(15-3)12-9-16-6-5-11(12)2/h5-6,9-10,13,15H,4,7-8H2,1-3H3. The predicted octanol–water partition coefficient (Wildman–Crippen LogP) is 1.89. The van der Waals surface area contributed by atoms with Crippen molar-refractivity contribution in [3.8, 4) is 0 Å². The average Bonchev–Trinajstić information content (AvgIpc) is 2.85. The van der Waals surface area contributed by atoms with Crippen molar-refractivity contribution in [1.29, 1.82) is 0 Å². The first kappa shape index (κ1) is 13.7. The summed E-state index contributed by atoms with van der Waals surface area (Å²) in [6, 6.07) is 2.25. The van der Waals surface area contributed by atoms with E-state index < -0.39 is 0 Å². The van der Waals surface area contributed by atoms with Crippen molar-refractivity contribution in [2.45, 2.75) is 39.3 Å². The van der Waals surface area contributed by atoms with Gasteiger partial charge in [-0.15, -0.1) is 0 Å². The van der Waals surface area contributed by atoms with Gasteiger partial charge in [0.2, 0.25) is 0 Å². The van der Waals surface area contributed by atoms with E-state index in [4.69, 9.17) is 0 Å². The lowest BCUT2D eigenvalue weighted by molar-refractivity contribution is 0.515. The fraction of sp³-hybridized carbons (Fsp3) is 0.500. The lowest BCUT2D eigenvalue weighted by Crippen LogP contribution is -2.22. The fourth-order valence-corrected chi connectivity index (χ4v) is 2.24. The van der Waals surface area contributed by atoms with Crippen molar-refractivity contribution in [1.82, 2.24) is 25.1 Å². The Morgan fingerprint density at radius 1 is 1.42 bits per heavy atom. The predicted molar refractivity (Wildman–Crippen MR) is 74.8 cm³/mol. The second-order valence-corrected chi connectivity index (χ2v) is 4.68. The van der Waals surface area contributed by atoms with Crippen LogP contribution in [0.4, 0.5) is 0 Å². The van der Waals surface area contributed by atoms with Gasteiger partial charge < -0.3 is 5.32 Å². The first-order valence-electron chi connectivity index (χ1n) is 6.70. The first-order valence-corrected chi connectivity index (χ1v) is 6.70. The summed E-state index contributed by atoms with van der Waals surface area (Å²) in [6.45, 7) is 5.17. The Labute approximate surface area is 114 Å². The van der Waals surface area contributed by atoms with Crippen molar-refractivity contribution >= 4 is 0 Å². The van der Waals surface area contributed by atoms with Gasteiger partial charge in [-0.05, 0) is 37.6 Å². The van der Waals surface area contributed by atoms with Gasteiger partial charge >= 0.3 is 0 Å². The van der Waals surface area contributed by atoms with Crippen LogP contribution in [0.15, 0.2) is 24.8 Å². The van der Waals surface area contributed by atoms with E-state index in [1.54, 1.807) is 6.33 Å². The monoisotopic (exact) mass is 259 g/mol. The van der Waals surface area contributed by atoms with Gasteiger partial charge in [0.05, 0.1) is 0 Å². The maximum Gasteiger partial charge on any atom is 0.138 e. The molecule has 2 aromatic heterocycles. The fourth-order valence-electron chi connectivity index (χ4n) is 2.24. The summed E-state index contributed by atoms with van der Waals surface area (Å²) in [5, 5.41) is 7.62. The highest BCUT2D eigenvalue weighted by Gasteiger charge is 2.16. The van der Waals surface area contributed by atoms with Crippen LogP contribution in [0.3, 0.4) is 0 Å². The van der Waals surface area contributed by atoms with Crippen LogP contribution in [-0.4, -0.2) is 26.8 Å². The van der Waals surface area contributed by atoms with Crippen molar-refractivity contribution in [3.63, 3.8) is 0 Å². The van der Waals surface area contributed by atoms with E-state index >= 15 is 0 Å². The third-order valence-corrected chi connectivity index (χ3v) is 3.32. The number of aryl methyl sites for hydroxylation is 2. The van der Waals surface area contributed by atoms with Gasteiger partial charge in [-0.1, -0.05) is 6.92 Å². The molecule has 2 rings (SSSR count). The first-order chi connectivity index (χ1) is 9.26. The number of nitrogens with one attached hydrogen (secondary N) is 1. The molecule has 0 radical (unpaired) electrons. The van der Waals surface area contributed by atoms with Crippen LogP contribution in [0.25, 0.3) is 0 Å². The molecule has 1 N–H and O–H groups in total. The molecule has 0 aliphatic heterocycles. The lowest BCUT2D eigenvalue weighted by Gasteiger charge is -2.18. The zero-order chi connectivity index (χ0) is 13.7. The molecule has 5 heteroatoms.